The van der Waals surface area contributed by atoms with E-state index >= 15 is 0 Å². The van der Waals surface area contributed by atoms with Crippen molar-refractivity contribution in [3.63, 3.8) is 0 Å². The highest BCUT2D eigenvalue weighted by molar-refractivity contribution is 6.20. The Morgan fingerprint density at radius 2 is 1.93 bits per heavy atom. The van der Waals surface area contributed by atoms with Crippen molar-refractivity contribution in [1.29, 1.82) is 0 Å². The number of nitrogens with zero attached hydrogens (tertiary/aromatic N) is 3. The third-order valence-corrected chi connectivity index (χ3v) is 2.13. The summed E-state index contributed by atoms with van der Waals surface area (Å²) in [7, 11) is 1.36. The van der Waals surface area contributed by atoms with Crippen LogP contribution in [0.2, 0.25) is 0 Å². The molecular weight excluding hydrogens is 198 g/mol. The van der Waals surface area contributed by atoms with Gasteiger partial charge in [0, 0.05) is 25.0 Å². The molecule has 1 aliphatic heterocycles. The Bertz CT molecular complexity index is 427. The molecule has 1 aromatic rings. The van der Waals surface area contributed by atoms with E-state index in [1.165, 1.54) is 19.4 Å². The highest BCUT2D eigenvalue weighted by Crippen LogP contribution is 2.20. The minimum Gasteiger partial charge on any atom is -0.353 e. The first-order chi connectivity index (χ1) is 7.03. The van der Waals surface area contributed by atoms with Crippen LogP contribution in [0.1, 0.15) is 5.56 Å². The second-order valence-corrected chi connectivity index (χ2v) is 3.19. The van der Waals surface area contributed by atoms with Crippen LogP contribution in [0, 0.1) is 0 Å². The highest BCUT2D eigenvalue weighted by Gasteiger charge is 2.47. The van der Waals surface area contributed by atoms with E-state index in [1.807, 2.05) is 0 Å². The molecule has 0 radical (unpaired) electrons. The van der Waals surface area contributed by atoms with Crippen molar-refractivity contribution < 1.29 is 15.0 Å². The van der Waals surface area contributed by atoms with Gasteiger partial charge in [0.1, 0.15) is 5.71 Å². The molecule has 1 aliphatic rings. The van der Waals surface area contributed by atoms with Crippen molar-refractivity contribution >= 4 is 11.6 Å². The first kappa shape index (κ1) is 9.75. The van der Waals surface area contributed by atoms with Crippen LogP contribution in [0.5, 0.6) is 0 Å². The zero-order chi connectivity index (χ0) is 11.1. The van der Waals surface area contributed by atoms with Gasteiger partial charge >= 0.3 is 5.91 Å². The second-order valence-electron chi connectivity index (χ2n) is 3.19. The van der Waals surface area contributed by atoms with Gasteiger partial charge in [0.25, 0.3) is 5.79 Å². The summed E-state index contributed by atoms with van der Waals surface area (Å²) in [5.74, 6) is -3.41. The molecule has 15 heavy (non-hydrogen) atoms. The maximum atomic E-state index is 11.3. The number of rotatable bonds is 1. The fraction of sp³-hybridized carbons (Fsp3) is 0.222. The summed E-state index contributed by atoms with van der Waals surface area (Å²) in [6.07, 6.45) is 2.97. The molecule has 0 aromatic carbocycles. The van der Waals surface area contributed by atoms with Gasteiger partial charge in [-0.2, -0.15) is 5.10 Å². The lowest BCUT2D eigenvalue weighted by Gasteiger charge is -2.14. The molecule has 1 amide bonds. The minimum absolute atomic E-state index is 0.0857. The Labute approximate surface area is 85.5 Å². The maximum absolute atomic E-state index is 11.3. The van der Waals surface area contributed by atoms with Gasteiger partial charge in [0.2, 0.25) is 0 Å². The molecule has 0 fully saturated rings. The van der Waals surface area contributed by atoms with E-state index in [2.05, 4.69) is 10.1 Å². The maximum Gasteiger partial charge on any atom is 0.309 e. The summed E-state index contributed by atoms with van der Waals surface area (Å²) >= 11 is 0. The van der Waals surface area contributed by atoms with Crippen LogP contribution < -0.4 is 0 Å². The van der Waals surface area contributed by atoms with Crippen LogP contribution in [-0.2, 0) is 4.79 Å². The van der Waals surface area contributed by atoms with Crippen molar-refractivity contribution in [2.45, 2.75) is 5.79 Å². The zero-order valence-corrected chi connectivity index (χ0v) is 7.95. The molecule has 0 saturated carbocycles. The van der Waals surface area contributed by atoms with E-state index < -0.39 is 11.7 Å². The van der Waals surface area contributed by atoms with Gasteiger partial charge in [-0.3, -0.25) is 9.78 Å². The van der Waals surface area contributed by atoms with Gasteiger partial charge in [-0.25, -0.2) is 5.01 Å². The van der Waals surface area contributed by atoms with Gasteiger partial charge in [-0.05, 0) is 12.1 Å². The Morgan fingerprint density at radius 1 is 1.33 bits per heavy atom. The van der Waals surface area contributed by atoms with Gasteiger partial charge in [0.15, 0.2) is 0 Å². The zero-order valence-electron chi connectivity index (χ0n) is 7.95. The molecular formula is C9H9N3O3. The van der Waals surface area contributed by atoms with Crippen molar-refractivity contribution in [2.24, 2.45) is 5.10 Å². The number of aliphatic hydroxyl groups is 2. The van der Waals surface area contributed by atoms with Crippen molar-refractivity contribution in [3.8, 4) is 0 Å². The van der Waals surface area contributed by atoms with Gasteiger partial charge in [-0.15, -0.1) is 0 Å². The Balaban J connectivity index is 2.48. The van der Waals surface area contributed by atoms with E-state index in [9.17, 15) is 15.0 Å². The molecule has 2 heterocycles. The first-order valence-corrected chi connectivity index (χ1v) is 4.26. The van der Waals surface area contributed by atoms with Crippen LogP contribution in [0.4, 0.5) is 0 Å². The number of carbonyl (C=O) groups excluding carboxylic acids is 1. The molecule has 0 spiro atoms. The Kier molecular flexibility index (Phi) is 2.02. The Hall–Kier alpha value is -1.79. The summed E-state index contributed by atoms with van der Waals surface area (Å²) in [5, 5.41) is 23.8. The standard InChI is InChI=1S/C9H9N3O3/c1-12-8(13)9(14,15)7(11-12)6-2-4-10-5-3-6/h2-5,14-15H,1H3. The number of hydrogen-bond acceptors (Lipinski definition) is 5. The van der Waals surface area contributed by atoms with E-state index in [4.69, 9.17) is 0 Å². The quantitative estimate of drug-likeness (QED) is 0.575. The van der Waals surface area contributed by atoms with Crippen molar-refractivity contribution in [3.05, 3.63) is 30.1 Å². The highest BCUT2D eigenvalue weighted by atomic mass is 16.5. The average Bonchev–Trinajstić information content (AvgIpc) is 2.43. The van der Waals surface area contributed by atoms with Crippen LogP contribution in [0.3, 0.4) is 0 Å². The summed E-state index contributed by atoms with van der Waals surface area (Å²) in [6, 6.07) is 3.10. The smallest absolute Gasteiger partial charge is 0.309 e. The fourth-order valence-corrected chi connectivity index (χ4v) is 1.36. The largest absolute Gasteiger partial charge is 0.353 e. The molecule has 0 bridgehead atoms. The number of hydrazone groups is 1. The molecule has 0 atom stereocenters. The van der Waals surface area contributed by atoms with Crippen molar-refractivity contribution in [2.75, 3.05) is 7.05 Å². The minimum atomic E-state index is -2.55. The van der Waals surface area contributed by atoms with Gasteiger partial charge in [-0.1, -0.05) is 0 Å². The summed E-state index contributed by atoms with van der Waals surface area (Å²) in [5.41, 5.74) is 0.366. The van der Waals surface area contributed by atoms with Gasteiger partial charge in [0.05, 0.1) is 0 Å². The number of carbonyl (C=O) groups is 1. The predicted molar refractivity (Wildman–Crippen MR) is 50.7 cm³/mol. The molecule has 2 rings (SSSR count). The topological polar surface area (TPSA) is 86.0 Å². The van der Waals surface area contributed by atoms with Gasteiger partial charge < -0.3 is 10.2 Å². The molecule has 0 saturated heterocycles. The number of aromatic nitrogens is 1. The lowest BCUT2D eigenvalue weighted by Crippen LogP contribution is -2.45. The Morgan fingerprint density at radius 3 is 2.40 bits per heavy atom. The SMILES string of the molecule is CN1N=C(c2ccncc2)C(O)(O)C1=O. The summed E-state index contributed by atoms with van der Waals surface area (Å²) < 4.78 is 0. The molecule has 1 aromatic heterocycles. The second kappa shape index (κ2) is 3.11. The van der Waals surface area contributed by atoms with Crippen LogP contribution in [0.15, 0.2) is 29.6 Å². The molecule has 6 nitrogen and oxygen atoms in total. The molecule has 78 valence electrons. The normalized spacial score (nSPS) is 19.3. The van der Waals surface area contributed by atoms with E-state index in [-0.39, 0.29) is 5.71 Å². The van der Waals surface area contributed by atoms with E-state index in [0.717, 1.165) is 5.01 Å². The van der Waals surface area contributed by atoms with Crippen LogP contribution in [-0.4, -0.2) is 44.7 Å². The number of amides is 1. The lowest BCUT2D eigenvalue weighted by atomic mass is 10.0. The lowest BCUT2D eigenvalue weighted by molar-refractivity contribution is -0.166. The average molecular weight is 207 g/mol. The van der Waals surface area contributed by atoms with E-state index in [1.54, 1.807) is 12.1 Å². The fourth-order valence-electron chi connectivity index (χ4n) is 1.36. The third kappa shape index (κ3) is 1.39. The van der Waals surface area contributed by atoms with Crippen molar-refractivity contribution in [1.82, 2.24) is 9.99 Å². The monoisotopic (exact) mass is 207 g/mol. The molecule has 2 N–H and O–H groups in total. The number of hydrogen-bond donors (Lipinski definition) is 2. The van der Waals surface area contributed by atoms with Crippen LogP contribution >= 0.6 is 0 Å². The molecule has 0 unspecified atom stereocenters. The third-order valence-electron chi connectivity index (χ3n) is 2.13. The summed E-state index contributed by atoms with van der Waals surface area (Å²) in [6.45, 7) is 0. The molecule has 6 heteroatoms. The first-order valence-electron chi connectivity index (χ1n) is 4.26. The number of likely N-dealkylation sites (N-methyl/N-ethyl adjacent to an activating group) is 1. The van der Waals surface area contributed by atoms with E-state index in [0.29, 0.717) is 5.56 Å². The summed E-state index contributed by atoms with van der Waals surface area (Å²) in [4.78, 5) is 15.1. The molecule has 0 aliphatic carbocycles. The van der Waals surface area contributed by atoms with Crippen LogP contribution in [0.25, 0.3) is 0 Å². The predicted octanol–water partition coefficient (Wildman–Crippen LogP) is -1.06. The number of pyridine rings is 1.